The molecule has 1 atom stereocenters. The second kappa shape index (κ2) is 8.31. The fraction of sp³-hybridized carbons (Fsp3) is 0.333. The lowest BCUT2D eigenvalue weighted by atomic mass is 10.2. The van der Waals surface area contributed by atoms with Crippen LogP contribution in [0, 0.1) is 0 Å². The third kappa shape index (κ3) is 4.09. The van der Waals surface area contributed by atoms with Crippen LogP contribution in [0.15, 0.2) is 59.3 Å². The van der Waals surface area contributed by atoms with Crippen molar-refractivity contribution in [3.63, 3.8) is 0 Å². The fourth-order valence-electron chi connectivity index (χ4n) is 3.54. The molecule has 0 bridgehead atoms. The maximum Gasteiger partial charge on any atom is 0.249 e. The van der Waals surface area contributed by atoms with Crippen molar-refractivity contribution in [2.45, 2.75) is 25.4 Å². The largest absolute Gasteiger partial charge is 0.337 e. The summed E-state index contributed by atoms with van der Waals surface area (Å²) in [7, 11) is 1.93. The summed E-state index contributed by atoms with van der Waals surface area (Å²) < 4.78 is 5.51. The van der Waals surface area contributed by atoms with Crippen LogP contribution < -0.4 is 0 Å². The molecular formula is C21H23N5O2. The summed E-state index contributed by atoms with van der Waals surface area (Å²) in [4.78, 5) is 25.6. The molecule has 1 fully saturated rings. The number of rotatable bonds is 6. The number of nitrogens with zero attached hydrogens (tertiary/aromatic N) is 5. The molecule has 144 valence electrons. The number of amides is 1. The highest BCUT2D eigenvalue weighted by molar-refractivity contribution is 5.79. The van der Waals surface area contributed by atoms with Crippen molar-refractivity contribution in [2.24, 2.45) is 0 Å². The third-order valence-corrected chi connectivity index (χ3v) is 4.90. The zero-order valence-corrected chi connectivity index (χ0v) is 15.9. The number of benzene rings is 1. The molecule has 1 aliphatic rings. The summed E-state index contributed by atoms with van der Waals surface area (Å²) >= 11 is 0. The number of carbonyl (C=O) groups is 1. The van der Waals surface area contributed by atoms with Gasteiger partial charge >= 0.3 is 0 Å². The van der Waals surface area contributed by atoms with Crippen LogP contribution >= 0.6 is 0 Å². The van der Waals surface area contributed by atoms with Crippen LogP contribution in [0.2, 0.25) is 0 Å². The van der Waals surface area contributed by atoms with Crippen molar-refractivity contribution in [1.82, 2.24) is 24.9 Å². The Kier molecular flexibility index (Phi) is 5.43. The number of likely N-dealkylation sites (N-methyl/N-ethyl adjacent to an activating group) is 1. The molecule has 2 aromatic heterocycles. The van der Waals surface area contributed by atoms with Gasteiger partial charge in [-0.3, -0.25) is 14.7 Å². The van der Waals surface area contributed by atoms with Gasteiger partial charge in [-0.05, 0) is 32.0 Å². The molecular weight excluding hydrogens is 354 g/mol. The number of carbonyl (C=O) groups excluding carboxylic acids is 1. The molecule has 1 saturated heterocycles. The van der Waals surface area contributed by atoms with Gasteiger partial charge in [0.2, 0.25) is 17.6 Å². The minimum absolute atomic E-state index is 0.0698. The molecule has 1 amide bonds. The highest BCUT2D eigenvalue weighted by atomic mass is 16.5. The van der Waals surface area contributed by atoms with Gasteiger partial charge < -0.3 is 9.42 Å². The summed E-state index contributed by atoms with van der Waals surface area (Å²) in [5, 5.41) is 4.10. The standard InChI is InChI=1S/C21H23N5O2/c1-25(14-17-10-5-6-12-22-17)15-19(27)26-13-7-11-18(26)21-23-20(24-28-21)16-8-3-2-4-9-16/h2-6,8-10,12,18H,7,11,13-15H2,1H3. The van der Waals surface area contributed by atoms with Crippen LogP contribution in [0.5, 0.6) is 0 Å². The molecule has 0 saturated carbocycles. The summed E-state index contributed by atoms with van der Waals surface area (Å²) in [6, 6.07) is 15.4. The average Bonchev–Trinajstić information content (AvgIpc) is 3.39. The predicted molar refractivity (Wildman–Crippen MR) is 104 cm³/mol. The molecule has 1 unspecified atom stereocenters. The minimum Gasteiger partial charge on any atom is -0.337 e. The Morgan fingerprint density at radius 1 is 1.21 bits per heavy atom. The zero-order chi connectivity index (χ0) is 19.3. The van der Waals surface area contributed by atoms with Crippen LogP contribution in [-0.2, 0) is 11.3 Å². The topological polar surface area (TPSA) is 75.4 Å². The Labute approximate surface area is 164 Å². The van der Waals surface area contributed by atoms with Gasteiger partial charge in [-0.15, -0.1) is 0 Å². The molecule has 0 spiro atoms. The van der Waals surface area contributed by atoms with E-state index < -0.39 is 0 Å². The van der Waals surface area contributed by atoms with Crippen LogP contribution in [0.3, 0.4) is 0 Å². The van der Waals surface area contributed by atoms with Gasteiger partial charge in [0.25, 0.3) is 0 Å². The SMILES string of the molecule is CN(CC(=O)N1CCCC1c1nc(-c2ccccc2)no1)Cc1ccccn1. The minimum atomic E-state index is -0.152. The second-order valence-corrected chi connectivity index (χ2v) is 7.06. The van der Waals surface area contributed by atoms with E-state index in [2.05, 4.69) is 15.1 Å². The van der Waals surface area contributed by atoms with E-state index in [1.165, 1.54) is 0 Å². The Bertz CT molecular complexity index is 913. The first-order valence-electron chi connectivity index (χ1n) is 9.47. The van der Waals surface area contributed by atoms with E-state index in [9.17, 15) is 4.79 Å². The lowest BCUT2D eigenvalue weighted by Gasteiger charge is -2.25. The van der Waals surface area contributed by atoms with Crippen LogP contribution in [-0.4, -0.2) is 51.0 Å². The molecule has 0 aliphatic carbocycles. The smallest absolute Gasteiger partial charge is 0.249 e. The zero-order valence-electron chi connectivity index (χ0n) is 15.9. The molecule has 3 heterocycles. The van der Waals surface area contributed by atoms with Gasteiger partial charge in [0.05, 0.1) is 12.2 Å². The number of likely N-dealkylation sites (tertiary alicyclic amines) is 1. The van der Waals surface area contributed by atoms with Crippen molar-refractivity contribution >= 4 is 5.91 Å². The first-order chi connectivity index (χ1) is 13.7. The van der Waals surface area contributed by atoms with E-state index in [1.54, 1.807) is 6.20 Å². The third-order valence-electron chi connectivity index (χ3n) is 4.90. The summed E-state index contributed by atoms with van der Waals surface area (Å²) in [5.41, 5.74) is 1.85. The van der Waals surface area contributed by atoms with Crippen molar-refractivity contribution in [3.05, 3.63) is 66.3 Å². The average molecular weight is 377 g/mol. The molecule has 7 heteroatoms. The Balaban J connectivity index is 1.42. The van der Waals surface area contributed by atoms with Gasteiger partial charge in [0, 0.05) is 24.8 Å². The monoisotopic (exact) mass is 377 g/mol. The molecule has 1 aromatic carbocycles. The number of aromatic nitrogens is 3. The molecule has 1 aliphatic heterocycles. The van der Waals surface area contributed by atoms with E-state index >= 15 is 0 Å². The van der Waals surface area contributed by atoms with E-state index in [-0.39, 0.29) is 11.9 Å². The molecule has 7 nitrogen and oxygen atoms in total. The Hall–Kier alpha value is -3.06. The number of hydrogen-bond acceptors (Lipinski definition) is 6. The highest BCUT2D eigenvalue weighted by Crippen LogP contribution is 2.32. The van der Waals surface area contributed by atoms with Gasteiger partial charge in [0.1, 0.15) is 6.04 Å². The van der Waals surface area contributed by atoms with Crippen molar-refractivity contribution in [2.75, 3.05) is 20.1 Å². The van der Waals surface area contributed by atoms with Crippen molar-refractivity contribution < 1.29 is 9.32 Å². The summed E-state index contributed by atoms with van der Waals surface area (Å²) in [6.07, 6.45) is 3.54. The Morgan fingerprint density at radius 2 is 2.04 bits per heavy atom. The first kappa shape index (κ1) is 18.3. The van der Waals surface area contributed by atoms with Crippen molar-refractivity contribution in [3.8, 4) is 11.4 Å². The van der Waals surface area contributed by atoms with E-state index in [0.29, 0.717) is 31.3 Å². The highest BCUT2D eigenvalue weighted by Gasteiger charge is 2.34. The molecule has 0 N–H and O–H groups in total. The van der Waals surface area contributed by atoms with E-state index in [0.717, 1.165) is 24.1 Å². The maximum absolute atomic E-state index is 12.9. The predicted octanol–water partition coefficient (Wildman–Crippen LogP) is 2.93. The molecule has 28 heavy (non-hydrogen) atoms. The Morgan fingerprint density at radius 3 is 2.82 bits per heavy atom. The van der Waals surface area contributed by atoms with Crippen LogP contribution in [0.25, 0.3) is 11.4 Å². The van der Waals surface area contributed by atoms with Crippen LogP contribution in [0.1, 0.15) is 30.5 Å². The molecule has 4 rings (SSSR count). The molecule has 0 radical (unpaired) electrons. The number of pyridine rings is 1. The van der Waals surface area contributed by atoms with Gasteiger partial charge in [-0.2, -0.15) is 4.98 Å². The van der Waals surface area contributed by atoms with Gasteiger partial charge in [0.15, 0.2) is 0 Å². The van der Waals surface area contributed by atoms with E-state index in [1.807, 2.05) is 65.4 Å². The molecule has 3 aromatic rings. The second-order valence-electron chi connectivity index (χ2n) is 7.06. The summed E-state index contributed by atoms with van der Waals surface area (Å²) in [6.45, 7) is 1.67. The van der Waals surface area contributed by atoms with Gasteiger partial charge in [-0.1, -0.05) is 41.6 Å². The van der Waals surface area contributed by atoms with E-state index in [4.69, 9.17) is 4.52 Å². The van der Waals surface area contributed by atoms with Crippen LogP contribution in [0.4, 0.5) is 0 Å². The normalized spacial score (nSPS) is 16.6. The number of hydrogen-bond donors (Lipinski definition) is 0. The fourth-order valence-corrected chi connectivity index (χ4v) is 3.54. The first-order valence-corrected chi connectivity index (χ1v) is 9.47. The summed E-state index contributed by atoms with van der Waals surface area (Å²) in [5.74, 6) is 1.14. The lowest BCUT2D eigenvalue weighted by molar-refractivity contribution is -0.133. The maximum atomic E-state index is 12.9. The quantitative estimate of drug-likeness (QED) is 0.657. The van der Waals surface area contributed by atoms with Crippen molar-refractivity contribution in [1.29, 1.82) is 0 Å². The lowest BCUT2D eigenvalue weighted by Crippen LogP contribution is -2.38. The van der Waals surface area contributed by atoms with Gasteiger partial charge in [-0.25, -0.2) is 0 Å².